The molecule has 0 aliphatic rings. The van der Waals surface area contributed by atoms with Crippen LogP contribution in [0.5, 0.6) is 0 Å². The van der Waals surface area contributed by atoms with Crippen molar-refractivity contribution in [2.75, 3.05) is 6.61 Å². The molecule has 17 heavy (non-hydrogen) atoms. The van der Waals surface area contributed by atoms with E-state index in [9.17, 15) is 4.39 Å². The quantitative estimate of drug-likeness (QED) is 0.846. The van der Waals surface area contributed by atoms with E-state index in [2.05, 4.69) is 35.1 Å². The summed E-state index contributed by atoms with van der Waals surface area (Å²) in [6, 6.07) is 5.00. The third-order valence-electron chi connectivity index (χ3n) is 3.15. The lowest BCUT2D eigenvalue weighted by molar-refractivity contribution is 0.214. The van der Waals surface area contributed by atoms with Crippen LogP contribution < -0.4 is 5.32 Å². The third kappa shape index (κ3) is 4.37. The molecule has 0 spiro atoms. The highest BCUT2D eigenvalue weighted by Gasteiger charge is 2.20. The summed E-state index contributed by atoms with van der Waals surface area (Å²) in [5.41, 5.74) is 0.950. The lowest BCUT2D eigenvalue weighted by Crippen LogP contribution is -2.42. The summed E-state index contributed by atoms with van der Waals surface area (Å²) < 4.78 is 13.5. The van der Waals surface area contributed by atoms with Crippen LogP contribution in [0.3, 0.4) is 0 Å². The molecule has 0 aromatic heterocycles. The molecule has 1 atom stereocenters. The minimum absolute atomic E-state index is 0.0738. The summed E-state index contributed by atoms with van der Waals surface area (Å²) in [7, 11) is 0. The molecule has 1 aromatic carbocycles. The van der Waals surface area contributed by atoms with Crippen molar-refractivity contribution in [3.8, 4) is 0 Å². The topological polar surface area (TPSA) is 32.3 Å². The van der Waals surface area contributed by atoms with E-state index in [1.165, 1.54) is 6.07 Å². The molecule has 2 nitrogen and oxygen atoms in total. The van der Waals surface area contributed by atoms with Crippen LogP contribution in [0, 0.1) is 5.82 Å². The normalized spacial score (nSPS) is 14.6. The van der Waals surface area contributed by atoms with Crippen LogP contribution in [0.25, 0.3) is 0 Å². The predicted molar refractivity (Wildman–Crippen MR) is 71.3 cm³/mol. The molecule has 0 fully saturated rings. The number of hydrogen-bond acceptors (Lipinski definition) is 2. The molecular formula is C13H19BrFNO. The summed E-state index contributed by atoms with van der Waals surface area (Å²) in [6.07, 6.45) is 1.65. The van der Waals surface area contributed by atoms with E-state index in [0.29, 0.717) is 17.4 Å². The molecule has 0 radical (unpaired) electrons. The zero-order chi connectivity index (χ0) is 12.9. The second-order valence-electron chi connectivity index (χ2n) is 4.49. The Morgan fingerprint density at radius 1 is 1.47 bits per heavy atom. The first-order valence-electron chi connectivity index (χ1n) is 5.80. The van der Waals surface area contributed by atoms with Crippen molar-refractivity contribution in [1.82, 2.24) is 5.32 Å². The summed E-state index contributed by atoms with van der Waals surface area (Å²) >= 11 is 3.17. The number of nitrogens with one attached hydrogen (secondary N) is 1. The molecule has 1 rings (SSSR count). The Hall–Kier alpha value is -0.450. The van der Waals surface area contributed by atoms with Crippen LogP contribution in [-0.4, -0.2) is 17.3 Å². The van der Waals surface area contributed by atoms with Crippen LogP contribution in [-0.2, 0) is 6.54 Å². The van der Waals surface area contributed by atoms with Gasteiger partial charge < -0.3 is 10.4 Å². The molecule has 2 N–H and O–H groups in total. The Bertz CT molecular complexity index is 372. The van der Waals surface area contributed by atoms with Gasteiger partial charge in [-0.3, -0.25) is 0 Å². The molecule has 0 bridgehead atoms. The fraction of sp³-hybridized carbons (Fsp3) is 0.538. The zero-order valence-electron chi connectivity index (χ0n) is 10.3. The van der Waals surface area contributed by atoms with Crippen molar-refractivity contribution >= 4 is 15.9 Å². The molecular weight excluding hydrogens is 285 g/mol. The average Bonchev–Trinajstić information content (AvgIpc) is 2.31. The lowest BCUT2D eigenvalue weighted by atomic mass is 9.94. The van der Waals surface area contributed by atoms with E-state index in [-0.39, 0.29) is 18.0 Å². The number of halogens is 2. The van der Waals surface area contributed by atoms with Crippen molar-refractivity contribution in [1.29, 1.82) is 0 Å². The smallest absolute Gasteiger partial charge is 0.137 e. The minimum Gasteiger partial charge on any atom is -0.396 e. The van der Waals surface area contributed by atoms with Crippen molar-refractivity contribution in [3.05, 3.63) is 34.1 Å². The maximum atomic E-state index is 13.1. The standard InChI is InChI=1S/C13H19BrFNO/c1-3-13(2,6-7-17)16-9-10-4-5-12(15)11(14)8-10/h4-5,8,16-17H,3,6-7,9H2,1-2H3. The number of aliphatic hydroxyl groups excluding tert-OH is 1. The number of rotatable bonds is 6. The molecule has 4 heteroatoms. The highest BCUT2D eigenvalue weighted by atomic mass is 79.9. The first-order chi connectivity index (χ1) is 8.00. The zero-order valence-corrected chi connectivity index (χ0v) is 11.8. The van der Waals surface area contributed by atoms with Gasteiger partial charge in [0.25, 0.3) is 0 Å². The van der Waals surface area contributed by atoms with Crippen LogP contribution in [0.4, 0.5) is 4.39 Å². The first-order valence-corrected chi connectivity index (χ1v) is 6.60. The predicted octanol–water partition coefficient (Wildman–Crippen LogP) is 3.23. The molecule has 0 heterocycles. The van der Waals surface area contributed by atoms with Crippen LogP contribution in [0.15, 0.2) is 22.7 Å². The fourth-order valence-corrected chi connectivity index (χ4v) is 2.03. The summed E-state index contributed by atoms with van der Waals surface area (Å²) in [5, 5.41) is 12.4. The Kier molecular flexibility index (Phi) is 5.56. The van der Waals surface area contributed by atoms with E-state index in [0.717, 1.165) is 12.0 Å². The maximum Gasteiger partial charge on any atom is 0.137 e. The fourth-order valence-electron chi connectivity index (χ4n) is 1.60. The SMILES string of the molecule is CCC(C)(CCO)NCc1ccc(F)c(Br)c1. The number of benzene rings is 1. The van der Waals surface area contributed by atoms with Gasteiger partial charge in [0.2, 0.25) is 0 Å². The average molecular weight is 304 g/mol. The van der Waals surface area contributed by atoms with Crippen molar-refractivity contribution in [2.45, 2.75) is 38.8 Å². The minimum atomic E-state index is -0.248. The Morgan fingerprint density at radius 2 is 2.18 bits per heavy atom. The van der Waals surface area contributed by atoms with Crippen LogP contribution in [0.2, 0.25) is 0 Å². The first kappa shape index (κ1) is 14.6. The molecule has 0 aliphatic heterocycles. The van der Waals surface area contributed by atoms with E-state index in [1.807, 2.05) is 0 Å². The van der Waals surface area contributed by atoms with Crippen LogP contribution >= 0.6 is 15.9 Å². The highest BCUT2D eigenvalue weighted by Crippen LogP contribution is 2.19. The van der Waals surface area contributed by atoms with Gasteiger partial charge in [-0.05, 0) is 53.4 Å². The van der Waals surface area contributed by atoms with Gasteiger partial charge in [-0.15, -0.1) is 0 Å². The van der Waals surface area contributed by atoms with E-state index in [4.69, 9.17) is 5.11 Å². The van der Waals surface area contributed by atoms with E-state index >= 15 is 0 Å². The number of aliphatic hydroxyl groups is 1. The van der Waals surface area contributed by atoms with Gasteiger partial charge in [0.05, 0.1) is 4.47 Å². The third-order valence-corrected chi connectivity index (χ3v) is 3.75. The van der Waals surface area contributed by atoms with Gasteiger partial charge in [0.15, 0.2) is 0 Å². The molecule has 1 aromatic rings. The van der Waals surface area contributed by atoms with Gasteiger partial charge in [0, 0.05) is 18.7 Å². The molecule has 0 amide bonds. The summed E-state index contributed by atoms with van der Waals surface area (Å²) in [6.45, 7) is 5.01. The van der Waals surface area contributed by atoms with Gasteiger partial charge in [-0.2, -0.15) is 0 Å². The Morgan fingerprint density at radius 3 is 2.71 bits per heavy atom. The van der Waals surface area contributed by atoms with Gasteiger partial charge in [0.1, 0.15) is 5.82 Å². The number of hydrogen-bond donors (Lipinski definition) is 2. The Labute approximate surface area is 110 Å². The summed E-state index contributed by atoms with van der Waals surface area (Å²) in [4.78, 5) is 0. The maximum absolute atomic E-state index is 13.1. The van der Waals surface area contributed by atoms with Crippen molar-refractivity contribution < 1.29 is 9.50 Å². The van der Waals surface area contributed by atoms with Gasteiger partial charge in [-0.25, -0.2) is 4.39 Å². The summed E-state index contributed by atoms with van der Waals surface area (Å²) in [5.74, 6) is -0.248. The van der Waals surface area contributed by atoms with Crippen molar-refractivity contribution in [3.63, 3.8) is 0 Å². The van der Waals surface area contributed by atoms with Gasteiger partial charge in [-0.1, -0.05) is 13.0 Å². The van der Waals surface area contributed by atoms with Gasteiger partial charge >= 0.3 is 0 Å². The molecule has 0 saturated carbocycles. The molecule has 0 saturated heterocycles. The molecule has 0 aliphatic carbocycles. The van der Waals surface area contributed by atoms with E-state index < -0.39 is 0 Å². The van der Waals surface area contributed by atoms with E-state index in [1.54, 1.807) is 12.1 Å². The second-order valence-corrected chi connectivity index (χ2v) is 5.34. The van der Waals surface area contributed by atoms with Crippen molar-refractivity contribution in [2.24, 2.45) is 0 Å². The lowest BCUT2D eigenvalue weighted by Gasteiger charge is -2.29. The molecule has 96 valence electrons. The second kappa shape index (κ2) is 6.47. The Balaban J connectivity index is 2.62. The largest absolute Gasteiger partial charge is 0.396 e. The van der Waals surface area contributed by atoms with Crippen LogP contribution in [0.1, 0.15) is 32.3 Å². The highest BCUT2D eigenvalue weighted by molar-refractivity contribution is 9.10. The molecule has 1 unspecified atom stereocenters. The monoisotopic (exact) mass is 303 g/mol.